The molecule has 0 aromatic heterocycles. The van der Waals surface area contributed by atoms with Gasteiger partial charge in [0, 0.05) is 12.0 Å². The minimum absolute atomic E-state index is 0.246. The Hall–Kier alpha value is -0.820. The molecule has 94 valence electrons. The van der Waals surface area contributed by atoms with E-state index in [1.165, 1.54) is 30.4 Å². The lowest BCUT2D eigenvalue weighted by Gasteiger charge is -2.33. The van der Waals surface area contributed by atoms with Crippen molar-refractivity contribution >= 4 is 0 Å². The van der Waals surface area contributed by atoms with Crippen molar-refractivity contribution < 1.29 is 0 Å². The van der Waals surface area contributed by atoms with E-state index < -0.39 is 0 Å². The van der Waals surface area contributed by atoms with Gasteiger partial charge in [0.2, 0.25) is 0 Å². The first-order valence-corrected chi connectivity index (χ1v) is 6.90. The highest BCUT2D eigenvalue weighted by atomic mass is 14.6. The maximum Gasteiger partial charge on any atom is 0.0101 e. The molecular formula is C16H25N. The zero-order valence-corrected chi connectivity index (χ0v) is 11.4. The Balaban J connectivity index is 2.32. The first kappa shape index (κ1) is 12.6. The molecule has 1 aliphatic rings. The first-order chi connectivity index (χ1) is 8.10. The molecule has 0 spiro atoms. The minimum Gasteiger partial charge on any atom is -0.330 e. The number of nitrogens with two attached hydrogens (primary N) is 1. The number of rotatable bonds is 3. The topological polar surface area (TPSA) is 26.0 Å². The van der Waals surface area contributed by atoms with E-state index >= 15 is 0 Å². The second kappa shape index (κ2) is 4.81. The van der Waals surface area contributed by atoms with Crippen LogP contribution in [0.15, 0.2) is 24.3 Å². The van der Waals surface area contributed by atoms with Crippen LogP contribution >= 0.6 is 0 Å². The molecule has 1 aromatic carbocycles. The van der Waals surface area contributed by atoms with Crippen LogP contribution in [0, 0.1) is 5.92 Å². The quantitative estimate of drug-likeness (QED) is 0.840. The van der Waals surface area contributed by atoms with Gasteiger partial charge in [-0.05, 0) is 35.8 Å². The molecule has 2 N–H and O–H groups in total. The van der Waals surface area contributed by atoms with E-state index in [1.54, 1.807) is 0 Å². The van der Waals surface area contributed by atoms with Crippen LogP contribution in [0.25, 0.3) is 0 Å². The summed E-state index contributed by atoms with van der Waals surface area (Å²) in [7, 11) is 0. The van der Waals surface area contributed by atoms with Gasteiger partial charge in [-0.15, -0.1) is 0 Å². The Bertz CT molecular complexity index is 366. The molecular weight excluding hydrogens is 206 g/mol. The largest absolute Gasteiger partial charge is 0.330 e. The van der Waals surface area contributed by atoms with Crippen molar-refractivity contribution in [2.75, 3.05) is 6.54 Å². The number of hydrogen-bond donors (Lipinski definition) is 1. The lowest BCUT2D eigenvalue weighted by molar-refractivity contribution is 0.346. The smallest absolute Gasteiger partial charge is 0.0101 e. The van der Waals surface area contributed by atoms with Gasteiger partial charge < -0.3 is 5.73 Å². The lowest BCUT2D eigenvalue weighted by Crippen LogP contribution is -2.37. The molecule has 1 heteroatoms. The Kier molecular flexibility index (Phi) is 3.58. The van der Waals surface area contributed by atoms with Gasteiger partial charge in [0.05, 0.1) is 0 Å². The summed E-state index contributed by atoms with van der Waals surface area (Å²) >= 11 is 0. The Morgan fingerprint density at radius 2 is 1.94 bits per heavy atom. The van der Waals surface area contributed by atoms with E-state index in [4.69, 9.17) is 5.73 Å². The minimum atomic E-state index is 0.246. The van der Waals surface area contributed by atoms with Crippen molar-refractivity contribution in [2.24, 2.45) is 11.7 Å². The monoisotopic (exact) mass is 231 g/mol. The zero-order chi connectivity index (χ0) is 12.5. The fraction of sp³-hybridized carbons (Fsp3) is 0.625. The highest BCUT2D eigenvalue weighted by Crippen LogP contribution is 2.44. The van der Waals surface area contributed by atoms with Gasteiger partial charge in [-0.3, -0.25) is 0 Å². The van der Waals surface area contributed by atoms with Crippen molar-refractivity contribution in [1.82, 2.24) is 0 Å². The summed E-state index contributed by atoms with van der Waals surface area (Å²) < 4.78 is 0. The maximum absolute atomic E-state index is 6.09. The van der Waals surface area contributed by atoms with Crippen LogP contribution in [0.2, 0.25) is 0 Å². The van der Waals surface area contributed by atoms with Crippen LogP contribution in [0.3, 0.4) is 0 Å². The van der Waals surface area contributed by atoms with E-state index in [-0.39, 0.29) is 5.41 Å². The SMILES string of the molecule is CC(C)c1ccc(C2(CN)CCCC2C)cc1. The van der Waals surface area contributed by atoms with Gasteiger partial charge in [-0.25, -0.2) is 0 Å². The summed E-state index contributed by atoms with van der Waals surface area (Å²) in [5, 5.41) is 0. The molecule has 1 aliphatic carbocycles. The molecule has 1 aromatic rings. The molecule has 2 unspecified atom stereocenters. The standard InChI is InChI=1S/C16H25N/c1-12(2)14-6-8-15(9-7-14)16(11-17)10-4-5-13(16)3/h6-9,12-13H,4-5,10-11,17H2,1-3H3. The average molecular weight is 231 g/mol. The normalized spacial score (nSPS) is 28.9. The summed E-state index contributed by atoms with van der Waals surface area (Å²) in [6, 6.07) is 9.18. The van der Waals surface area contributed by atoms with E-state index in [0.717, 1.165) is 12.5 Å². The third kappa shape index (κ3) is 2.13. The van der Waals surface area contributed by atoms with Crippen LogP contribution in [0.1, 0.15) is 57.1 Å². The van der Waals surface area contributed by atoms with Crippen LogP contribution in [-0.2, 0) is 5.41 Å². The third-order valence-electron chi connectivity index (χ3n) is 4.72. The fourth-order valence-electron chi connectivity index (χ4n) is 3.30. The third-order valence-corrected chi connectivity index (χ3v) is 4.72. The first-order valence-electron chi connectivity index (χ1n) is 6.90. The molecule has 0 amide bonds. The molecule has 2 rings (SSSR count). The van der Waals surface area contributed by atoms with Crippen molar-refractivity contribution in [3.63, 3.8) is 0 Å². The van der Waals surface area contributed by atoms with E-state index in [1.807, 2.05) is 0 Å². The fourth-order valence-corrected chi connectivity index (χ4v) is 3.30. The highest BCUT2D eigenvalue weighted by molar-refractivity contribution is 5.32. The number of hydrogen-bond acceptors (Lipinski definition) is 1. The van der Waals surface area contributed by atoms with Crippen LogP contribution < -0.4 is 5.73 Å². The van der Waals surface area contributed by atoms with Crippen molar-refractivity contribution in [3.8, 4) is 0 Å². The van der Waals surface area contributed by atoms with Crippen LogP contribution in [0.4, 0.5) is 0 Å². The van der Waals surface area contributed by atoms with E-state index in [2.05, 4.69) is 45.0 Å². The second-order valence-electron chi connectivity index (χ2n) is 5.93. The maximum atomic E-state index is 6.09. The Morgan fingerprint density at radius 1 is 1.29 bits per heavy atom. The van der Waals surface area contributed by atoms with Gasteiger partial charge >= 0.3 is 0 Å². The molecule has 17 heavy (non-hydrogen) atoms. The summed E-state index contributed by atoms with van der Waals surface area (Å²) in [6.07, 6.45) is 3.90. The molecule has 2 atom stereocenters. The van der Waals surface area contributed by atoms with Crippen molar-refractivity contribution in [2.45, 2.75) is 51.4 Å². The molecule has 0 radical (unpaired) electrons. The van der Waals surface area contributed by atoms with Gasteiger partial charge in [-0.2, -0.15) is 0 Å². The van der Waals surface area contributed by atoms with Gasteiger partial charge in [0.1, 0.15) is 0 Å². The lowest BCUT2D eigenvalue weighted by atomic mass is 9.73. The van der Waals surface area contributed by atoms with Crippen LogP contribution in [-0.4, -0.2) is 6.54 Å². The van der Waals surface area contributed by atoms with Gasteiger partial charge in [0.25, 0.3) is 0 Å². The molecule has 0 aliphatic heterocycles. The van der Waals surface area contributed by atoms with Crippen molar-refractivity contribution in [3.05, 3.63) is 35.4 Å². The Labute approximate surface area is 105 Å². The zero-order valence-electron chi connectivity index (χ0n) is 11.4. The summed E-state index contributed by atoms with van der Waals surface area (Å²) in [4.78, 5) is 0. The molecule has 1 saturated carbocycles. The van der Waals surface area contributed by atoms with Gasteiger partial charge in [-0.1, -0.05) is 51.5 Å². The summed E-state index contributed by atoms with van der Waals surface area (Å²) in [6.45, 7) is 7.63. The summed E-state index contributed by atoms with van der Waals surface area (Å²) in [5.74, 6) is 1.33. The summed E-state index contributed by atoms with van der Waals surface area (Å²) in [5.41, 5.74) is 9.21. The van der Waals surface area contributed by atoms with E-state index in [9.17, 15) is 0 Å². The highest BCUT2D eigenvalue weighted by Gasteiger charge is 2.40. The predicted octanol–water partition coefficient (Wildman–Crippen LogP) is 3.83. The average Bonchev–Trinajstić information content (AvgIpc) is 2.71. The molecule has 1 fully saturated rings. The molecule has 0 bridgehead atoms. The van der Waals surface area contributed by atoms with Crippen molar-refractivity contribution in [1.29, 1.82) is 0 Å². The molecule has 1 nitrogen and oxygen atoms in total. The molecule has 0 saturated heterocycles. The second-order valence-corrected chi connectivity index (χ2v) is 5.93. The van der Waals surface area contributed by atoms with E-state index in [0.29, 0.717) is 5.92 Å². The predicted molar refractivity (Wildman–Crippen MR) is 74.3 cm³/mol. The Morgan fingerprint density at radius 3 is 2.35 bits per heavy atom. The van der Waals surface area contributed by atoms with Crippen LogP contribution in [0.5, 0.6) is 0 Å². The number of benzene rings is 1. The molecule has 0 heterocycles. The van der Waals surface area contributed by atoms with Gasteiger partial charge in [0.15, 0.2) is 0 Å².